The Morgan fingerprint density at radius 1 is 1.20 bits per heavy atom. The second-order valence-corrected chi connectivity index (χ2v) is 5.30. The summed E-state index contributed by atoms with van der Waals surface area (Å²) in [6, 6.07) is 9.68. The minimum atomic E-state index is -0.677. The Morgan fingerprint density at radius 2 is 1.85 bits per heavy atom. The van der Waals surface area contributed by atoms with Crippen LogP contribution in [0, 0.1) is 0 Å². The maximum Gasteiger partial charge on any atom is 0.171 e. The molecule has 20 heavy (non-hydrogen) atoms. The van der Waals surface area contributed by atoms with E-state index in [0.717, 1.165) is 44.3 Å². The van der Waals surface area contributed by atoms with Crippen molar-refractivity contribution in [3.8, 4) is 0 Å². The lowest BCUT2D eigenvalue weighted by molar-refractivity contribution is 0.0510. The molecule has 1 atom stereocenters. The average Bonchev–Trinajstić information content (AvgIpc) is 2.48. The fraction of sp³-hybridized carbons (Fsp3) is 0.562. The SMILES string of the molecule is CCCCNC(=S)N(CCCC)C(O)c1ccccc1. The van der Waals surface area contributed by atoms with Gasteiger partial charge in [0.25, 0.3) is 0 Å². The minimum absolute atomic E-state index is 0.642. The van der Waals surface area contributed by atoms with Gasteiger partial charge in [0.15, 0.2) is 11.3 Å². The summed E-state index contributed by atoms with van der Waals surface area (Å²) >= 11 is 5.43. The number of rotatable bonds is 8. The van der Waals surface area contributed by atoms with Crippen molar-refractivity contribution in [1.29, 1.82) is 0 Å². The van der Waals surface area contributed by atoms with Crippen molar-refractivity contribution in [2.24, 2.45) is 0 Å². The summed E-state index contributed by atoms with van der Waals surface area (Å²) < 4.78 is 0. The summed E-state index contributed by atoms with van der Waals surface area (Å²) in [5.41, 5.74) is 0.878. The zero-order chi connectivity index (χ0) is 14.8. The van der Waals surface area contributed by atoms with E-state index < -0.39 is 6.23 Å². The molecular formula is C16H26N2OS. The van der Waals surface area contributed by atoms with Gasteiger partial charge < -0.3 is 15.3 Å². The first-order chi connectivity index (χ1) is 9.70. The number of aliphatic hydroxyl groups excluding tert-OH is 1. The van der Waals surface area contributed by atoms with Crippen molar-refractivity contribution < 1.29 is 5.11 Å². The minimum Gasteiger partial charge on any atom is -0.369 e. The Hall–Kier alpha value is -1.13. The second kappa shape index (κ2) is 9.72. The van der Waals surface area contributed by atoms with Crippen LogP contribution in [0.4, 0.5) is 0 Å². The predicted molar refractivity (Wildman–Crippen MR) is 88.5 cm³/mol. The molecule has 3 nitrogen and oxygen atoms in total. The standard InChI is InChI=1S/C16H26N2OS/c1-3-5-12-17-16(20)18(13-6-4-2)15(19)14-10-8-7-9-11-14/h7-11,15,19H,3-6,12-13H2,1-2H3,(H,17,20). The van der Waals surface area contributed by atoms with E-state index in [1.54, 1.807) is 0 Å². The fourth-order valence-electron chi connectivity index (χ4n) is 1.94. The van der Waals surface area contributed by atoms with Crippen molar-refractivity contribution >= 4 is 17.3 Å². The van der Waals surface area contributed by atoms with Crippen LogP contribution in [0.3, 0.4) is 0 Å². The molecule has 1 unspecified atom stereocenters. The van der Waals surface area contributed by atoms with Crippen LogP contribution in [0.25, 0.3) is 0 Å². The first-order valence-corrected chi connectivity index (χ1v) is 7.89. The van der Waals surface area contributed by atoms with Crippen molar-refractivity contribution in [1.82, 2.24) is 10.2 Å². The first-order valence-electron chi connectivity index (χ1n) is 7.48. The Labute approximate surface area is 128 Å². The molecule has 0 saturated heterocycles. The normalized spacial score (nSPS) is 11.9. The molecule has 1 rings (SSSR count). The molecule has 0 heterocycles. The van der Waals surface area contributed by atoms with Gasteiger partial charge in [-0.25, -0.2) is 0 Å². The third-order valence-electron chi connectivity index (χ3n) is 3.21. The molecule has 0 spiro atoms. The highest BCUT2D eigenvalue weighted by atomic mass is 32.1. The lowest BCUT2D eigenvalue weighted by Crippen LogP contribution is -2.43. The highest BCUT2D eigenvalue weighted by Gasteiger charge is 2.19. The highest BCUT2D eigenvalue weighted by molar-refractivity contribution is 7.80. The number of unbranched alkanes of at least 4 members (excludes halogenated alkanes) is 2. The van der Waals surface area contributed by atoms with Crippen LogP contribution in [0.15, 0.2) is 30.3 Å². The van der Waals surface area contributed by atoms with Crippen LogP contribution in [0.2, 0.25) is 0 Å². The molecule has 1 aromatic rings. The fourth-order valence-corrected chi connectivity index (χ4v) is 2.24. The van der Waals surface area contributed by atoms with Gasteiger partial charge in [0.1, 0.15) is 0 Å². The zero-order valence-electron chi connectivity index (χ0n) is 12.5. The van der Waals surface area contributed by atoms with Crippen LogP contribution in [0.5, 0.6) is 0 Å². The van der Waals surface area contributed by atoms with Gasteiger partial charge in [-0.15, -0.1) is 0 Å². The zero-order valence-corrected chi connectivity index (χ0v) is 13.3. The number of hydrogen-bond acceptors (Lipinski definition) is 2. The molecule has 0 aliphatic carbocycles. The van der Waals surface area contributed by atoms with E-state index in [-0.39, 0.29) is 0 Å². The Bertz CT molecular complexity index is 383. The van der Waals surface area contributed by atoms with E-state index in [1.165, 1.54) is 0 Å². The van der Waals surface area contributed by atoms with Crippen molar-refractivity contribution in [2.75, 3.05) is 13.1 Å². The number of aliphatic hydroxyl groups is 1. The topological polar surface area (TPSA) is 35.5 Å². The molecule has 0 aliphatic heterocycles. The molecule has 2 N–H and O–H groups in total. The third-order valence-corrected chi connectivity index (χ3v) is 3.59. The molecule has 1 aromatic carbocycles. The molecule has 0 saturated carbocycles. The molecule has 0 bridgehead atoms. The van der Waals surface area contributed by atoms with Gasteiger partial charge in [0.05, 0.1) is 0 Å². The van der Waals surface area contributed by atoms with Gasteiger partial charge in [-0.2, -0.15) is 0 Å². The molecule has 4 heteroatoms. The van der Waals surface area contributed by atoms with Gasteiger partial charge in [0, 0.05) is 18.7 Å². The highest BCUT2D eigenvalue weighted by Crippen LogP contribution is 2.18. The quantitative estimate of drug-likeness (QED) is 0.437. The molecule has 0 fully saturated rings. The maximum atomic E-state index is 10.5. The molecule has 0 amide bonds. The molecule has 0 radical (unpaired) electrons. The summed E-state index contributed by atoms with van der Waals surface area (Å²) in [5, 5.41) is 14.4. The lowest BCUT2D eigenvalue weighted by Gasteiger charge is -2.31. The van der Waals surface area contributed by atoms with Gasteiger partial charge >= 0.3 is 0 Å². The predicted octanol–water partition coefficient (Wildman–Crippen LogP) is 3.45. The van der Waals surface area contributed by atoms with Crippen LogP contribution in [0.1, 0.15) is 51.3 Å². The van der Waals surface area contributed by atoms with Crippen LogP contribution >= 0.6 is 12.2 Å². The third kappa shape index (κ3) is 5.47. The monoisotopic (exact) mass is 294 g/mol. The van der Waals surface area contributed by atoms with Gasteiger partial charge in [-0.1, -0.05) is 57.0 Å². The van der Waals surface area contributed by atoms with Crippen LogP contribution in [-0.2, 0) is 0 Å². The number of nitrogens with zero attached hydrogens (tertiary/aromatic N) is 1. The van der Waals surface area contributed by atoms with Gasteiger partial charge in [-0.05, 0) is 25.1 Å². The second-order valence-electron chi connectivity index (χ2n) is 4.92. The van der Waals surface area contributed by atoms with Crippen molar-refractivity contribution in [3.63, 3.8) is 0 Å². The largest absolute Gasteiger partial charge is 0.369 e. The van der Waals surface area contributed by atoms with E-state index in [2.05, 4.69) is 19.2 Å². The number of nitrogens with one attached hydrogen (secondary N) is 1. The number of thiocarbonyl (C=S) groups is 1. The van der Waals surface area contributed by atoms with Crippen LogP contribution < -0.4 is 5.32 Å². The summed E-state index contributed by atoms with van der Waals surface area (Å²) in [5.74, 6) is 0. The summed E-state index contributed by atoms with van der Waals surface area (Å²) in [7, 11) is 0. The lowest BCUT2D eigenvalue weighted by atomic mass is 10.2. The Morgan fingerprint density at radius 3 is 2.45 bits per heavy atom. The van der Waals surface area contributed by atoms with Gasteiger partial charge in [0.2, 0.25) is 0 Å². The van der Waals surface area contributed by atoms with Crippen LogP contribution in [-0.4, -0.2) is 28.2 Å². The van der Waals surface area contributed by atoms with Crippen molar-refractivity contribution in [2.45, 2.75) is 45.8 Å². The molecular weight excluding hydrogens is 268 g/mol. The molecule has 0 aliphatic rings. The number of hydrogen-bond donors (Lipinski definition) is 2. The van der Waals surface area contributed by atoms with Crippen molar-refractivity contribution in [3.05, 3.63) is 35.9 Å². The first kappa shape index (κ1) is 16.9. The van der Waals surface area contributed by atoms with E-state index in [4.69, 9.17) is 12.2 Å². The maximum absolute atomic E-state index is 10.5. The molecule has 112 valence electrons. The molecule has 0 aromatic heterocycles. The summed E-state index contributed by atoms with van der Waals surface area (Å²) in [4.78, 5) is 1.88. The summed E-state index contributed by atoms with van der Waals surface area (Å²) in [6.45, 7) is 5.92. The average molecular weight is 294 g/mol. The van der Waals surface area contributed by atoms with E-state index in [9.17, 15) is 5.11 Å². The van der Waals surface area contributed by atoms with Gasteiger partial charge in [-0.3, -0.25) is 0 Å². The van der Waals surface area contributed by atoms with E-state index >= 15 is 0 Å². The Kier molecular flexibility index (Phi) is 8.23. The number of benzene rings is 1. The van der Waals surface area contributed by atoms with E-state index in [0.29, 0.717) is 5.11 Å². The van der Waals surface area contributed by atoms with E-state index in [1.807, 2.05) is 35.2 Å². The Balaban J connectivity index is 2.69. The summed E-state index contributed by atoms with van der Waals surface area (Å²) in [6.07, 6.45) is 3.63. The smallest absolute Gasteiger partial charge is 0.171 e.